The molecule has 0 saturated heterocycles. The van der Waals surface area contributed by atoms with Crippen molar-refractivity contribution in [2.75, 3.05) is 0 Å². The Balaban J connectivity index is 2.42. The summed E-state index contributed by atoms with van der Waals surface area (Å²) in [5.74, 6) is 0.308. The van der Waals surface area contributed by atoms with E-state index < -0.39 is 3.79 Å². The molecule has 0 amide bonds. The molecule has 0 nitrogen and oxygen atoms in total. The maximum atomic E-state index is 5.67. The molecule has 0 bridgehead atoms. The van der Waals surface area contributed by atoms with Gasteiger partial charge in [-0.3, -0.25) is 0 Å². The first-order chi connectivity index (χ1) is 4.11. The Kier molecular flexibility index (Phi) is 2.53. The molecule has 0 aromatic heterocycles. The van der Waals surface area contributed by atoms with Crippen LogP contribution in [0.5, 0.6) is 0 Å². The molecule has 0 aromatic carbocycles. The molecule has 9 heavy (non-hydrogen) atoms. The fourth-order valence-electron chi connectivity index (χ4n) is 1.25. The maximum Gasteiger partial charge on any atom is 0.193 e. The van der Waals surface area contributed by atoms with Gasteiger partial charge in [-0.2, -0.15) is 0 Å². The Labute approximate surface area is 70.5 Å². The summed E-state index contributed by atoms with van der Waals surface area (Å²) < 4.78 is -1.00. The zero-order valence-corrected chi connectivity index (χ0v) is 7.31. The predicted octanol–water partition coefficient (Wildman–Crippen LogP) is 3.55. The van der Waals surface area contributed by atoms with E-state index in [1.165, 1.54) is 12.8 Å². The lowest BCUT2D eigenvalue weighted by atomic mass is 10.1. The van der Waals surface area contributed by atoms with Crippen molar-refractivity contribution in [1.29, 1.82) is 0 Å². The largest absolute Gasteiger partial charge is 0.193 e. The second-order valence-corrected chi connectivity index (χ2v) is 4.89. The average molecular weight is 187 g/mol. The molecular formula is C6H9Cl3. The molecule has 0 atom stereocenters. The molecule has 0 radical (unpaired) electrons. The molecule has 3 heteroatoms. The molecule has 1 aliphatic carbocycles. The quantitative estimate of drug-likeness (QED) is 0.509. The zero-order valence-electron chi connectivity index (χ0n) is 5.04. The first-order valence-corrected chi connectivity index (χ1v) is 4.31. The van der Waals surface area contributed by atoms with E-state index in [0.29, 0.717) is 5.92 Å². The highest BCUT2D eigenvalue weighted by atomic mass is 35.6. The van der Waals surface area contributed by atoms with E-state index in [0.717, 1.165) is 12.8 Å². The van der Waals surface area contributed by atoms with Crippen LogP contribution in [0.2, 0.25) is 0 Å². The molecule has 0 unspecified atom stereocenters. The van der Waals surface area contributed by atoms with Gasteiger partial charge in [0.05, 0.1) is 0 Å². The lowest BCUT2D eigenvalue weighted by Gasteiger charge is -2.17. The summed E-state index contributed by atoms with van der Waals surface area (Å²) >= 11 is 17.0. The van der Waals surface area contributed by atoms with E-state index in [2.05, 4.69) is 0 Å². The van der Waals surface area contributed by atoms with Gasteiger partial charge in [0, 0.05) is 5.92 Å². The van der Waals surface area contributed by atoms with E-state index in [4.69, 9.17) is 34.8 Å². The molecule has 1 saturated carbocycles. The summed E-state index contributed by atoms with van der Waals surface area (Å²) in [7, 11) is 0. The van der Waals surface area contributed by atoms with E-state index in [1.54, 1.807) is 0 Å². The van der Waals surface area contributed by atoms with E-state index in [9.17, 15) is 0 Å². The van der Waals surface area contributed by atoms with Gasteiger partial charge in [-0.15, -0.1) is 0 Å². The summed E-state index contributed by atoms with van der Waals surface area (Å²) in [6, 6.07) is 0. The third kappa shape index (κ3) is 2.18. The van der Waals surface area contributed by atoms with Gasteiger partial charge >= 0.3 is 0 Å². The van der Waals surface area contributed by atoms with Crippen molar-refractivity contribution in [3.05, 3.63) is 0 Å². The van der Waals surface area contributed by atoms with Crippen LogP contribution in [0.25, 0.3) is 0 Å². The van der Waals surface area contributed by atoms with Crippen molar-refractivity contribution >= 4 is 34.8 Å². The predicted molar refractivity (Wildman–Crippen MR) is 42.2 cm³/mol. The van der Waals surface area contributed by atoms with Gasteiger partial charge < -0.3 is 0 Å². The maximum absolute atomic E-state index is 5.67. The Morgan fingerprint density at radius 2 is 1.44 bits per heavy atom. The normalized spacial score (nSPS) is 23.0. The average Bonchev–Trinajstić information content (AvgIpc) is 2.08. The van der Waals surface area contributed by atoms with E-state index in [-0.39, 0.29) is 0 Å². The van der Waals surface area contributed by atoms with Crippen molar-refractivity contribution in [3.63, 3.8) is 0 Å². The third-order valence-electron chi connectivity index (χ3n) is 1.82. The van der Waals surface area contributed by atoms with Crippen molar-refractivity contribution in [1.82, 2.24) is 0 Å². The van der Waals surface area contributed by atoms with Gasteiger partial charge in [-0.25, -0.2) is 0 Å². The lowest BCUT2D eigenvalue weighted by Crippen LogP contribution is -2.14. The Hall–Kier alpha value is 0.870. The van der Waals surface area contributed by atoms with Crippen molar-refractivity contribution < 1.29 is 0 Å². The van der Waals surface area contributed by atoms with Gasteiger partial charge in [0.25, 0.3) is 0 Å². The summed E-state index contributed by atoms with van der Waals surface area (Å²) in [4.78, 5) is 0. The summed E-state index contributed by atoms with van der Waals surface area (Å²) in [6.45, 7) is 0. The monoisotopic (exact) mass is 186 g/mol. The number of halogens is 3. The second kappa shape index (κ2) is 2.86. The highest BCUT2D eigenvalue weighted by Crippen LogP contribution is 2.43. The van der Waals surface area contributed by atoms with Gasteiger partial charge in [-0.05, 0) is 12.8 Å². The molecule has 0 aliphatic heterocycles. The minimum atomic E-state index is -1.00. The van der Waals surface area contributed by atoms with Crippen LogP contribution >= 0.6 is 34.8 Å². The van der Waals surface area contributed by atoms with Crippen molar-refractivity contribution in [3.8, 4) is 0 Å². The fourth-order valence-corrected chi connectivity index (χ4v) is 1.91. The van der Waals surface area contributed by atoms with Crippen LogP contribution in [0.3, 0.4) is 0 Å². The third-order valence-corrected chi connectivity index (χ3v) is 2.74. The number of alkyl halides is 3. The first-order valence-electron chi connectivity index (χ1n) is 3.17. The number of hydrogen-bond acceptors (Lipinski definition) is 0. The van der Waals surface area contributed by atoms with Crippen LogP contribution < -0.4 is 0 Å². The van der Waals surface area contributed by atoms with Crippen LogP contribution in [-0.4, -0.2) is 3.79 Å². The van der Waals surface area contributed by atoms with E-state index in [1.807, 2.05) is 0 Å². The van der Waals surface area contributed by atoms with Crippen molar-refractivity contribution in [2.45, 2.75) is 29.5 Å². The molecule has 1 fully saturated rings. The van der Waals surface area contributed by atoms with Crippen LogP contribution in [0.4, 0.5) is 0 Å². The van der Waals surface area contributed by atoms with Crippen LogP contribution in [0.1, 0.15) is 25.7 Å². The second-order valence-electron chi connectivity index (χ2n) is 2.52. The SMILES string of the molecule is ClC(Cl)(Cl)C1CCCC1. The molecule has 0 aromatic rings. The van der Waals surface area contributed by atoms with Gasteiger partial charge in [0.15, 0.2) is 3.79 Å². The first kappa shape index (κ1) is 7.97. The molecule has 0 N–H and O–H groups in total. The molecule has 1 aliphatic rings. The Morgan fingerprint density at radius 1 is 1.00 bits per heavy atom. The molecule has 0 spiro atoms. The molecule has 54 valence electrons. The van der Waals surface area contributed by atoms with Gasteiger partial charge in [-0.1, -0.05) is 47.6 Å². The van der Waals surface area contributed by atoms with E-state index >= 15 is 0 Å². The number of hydrogen-bond donors (Lipinski definition) is 0. The smallest absolute Gasteiger partial charge is 0.0834 e. The van der Waals surface area contributed by atoms with Gasteiger partial charge in [0.1, 0.15) is 0 Å². The highest BCUT2D eigenvalue weighted by Gasteiger charge is 2.34. The summed E-state index contributed by atoms with van der Waals surface area (Å²) in [5.41, 5.74) is 0. The lowest BCUT2D eigenvalue weighted by molar-refractivity contribution is 0.562. The number of rotatable bonds is 0. The standard InChI is InChI=1S/C6H9Cl3/c7-6(8,9)5-3-1-2-4-5/h5H,1-4H2. The molecule has 1 rings (SSSR count). The summed E-state index contributed by atoms with van der Waals surface area (Å²) in [6.07, 6.45) is 4.60. The Morgan fingerprint density at radius 3 is 1.67 bits per heavy atom. The zero-order chi connectivity index (χ0) is 6.91. The topological polar surface area (TPSA) is 0 Å². The Bertz CT molecular complexity index is 89.0. The molecular weight excluding hydrogens is 178 g/mol. The molecule has 0 heterocycles. The van der Waals surface area contributed by atoms with Crippen LogP contribution in [-0.2, 0) is 0 Å². The van der Waals surface area contributed by atoms with Gasteiger partial charge in [0.2, 0.25) is 0 Å². The fraction of sp³-hybridized carbons (Fsp3) is 1.00. The minimum absolute atomic E-state index is 0.308. The van der Waals surface area contributed by atoms with Crippen LogP contribution in [0.15, 0.2) is 0 Å². The highest BCUT2D eigenvalue weighted by molar-refractivity contribution is 6.67. The summed E-state index contributed by atoms with van der Waals surface area (Å²) in [5, 5.41) is 0. The van der Waals surface area contributed by atoms with Crippen LogP contribution in [0, 0.1) is 5.92 Å². The minimum Gasteiger partial charge on any atom is -0.0834 e. The van der Waals surface area contributed by atoms with Crippen molar-refractivity contribution in [2.24, 2.45) is 5.92 Å².